The molecule has 1 aromatic carbocycles. The van der Waals surface area contributed by atoms with E-state index in [-0.39, 0.29) is 12.5 Å². The number of rotatable bonds is 4. The summed E-state index contributed by atoms with van der Waals surface area (Å²) in [7, 11) is 0. The predicted molar refractivity (Wildman–Crippen MR) is 72.2 cm³/mol. The molecule has 3 rings (SSSR count). The van der Waals surface area contributed by atoms with E-state index in [9.17, 15) is 9.59 Å². The van der Waals surface area contributed by atoms with Crippen molar-refractivity contribution < 1.29 is 14.4 Å². The SMILES string of the molecule is CC(C)c1nc(CON2C(=O)c3ccccc3C2=O)n[nH]1. The summed E-state index contributed by atoms with van der Waals surface area (Å²) in [6.07, 6.45) is 0. The van der Waals surface area contributed by atoms with Crippen LogP contribution in [0.5, 0.6) is 0 Å². The summed E-state index contributed by atoms with van der Waals surface area (Å²) < 4.78 is 0. The Balaban J connectivity index is 1.72. The van der Waals surface area contributed by atoms with Crippen LogP contribution >= 0.6 is 0 Å². The van der Waals surface area contributed by atoms with Gasteiger partial charge in [-0.05, 0) is 12.1 Å². The lowest BCUT2D eigenvalue weighted by Gasteiger charge is -2.11. The number of fused-ring (bicyclic) bond motifs is 1. The molecular formula is C14H14N4O3. The largest absolute Gasteiger partial charge is 0.285 e. The molecule has 108 valence electrons. The minimum Gasteiger partial charge on any atom is -0.266 e. The minimum absolute atomic E-state index is 0.0469. The highest BCUT2D eigenvalue weighted by Gasteiger charge is 2.36. The van der Waals surface area contributed by atoms with E-state index in [1.807, 2.05) is 13.8 Å². The van der Waals surface area contributed by atoms with Crippen molar-refractivity contribution in [3.8, 4) is 0 Å². The quantitative estimate of drug-likeness (QED) is 0.863. The summed E-state index contributed by atoms with van der Waals surface area (Å²) >= 11 is 0. The number of carbonyl (C=O) groups is 2. The minimum atomic E-state index is -0.463. The van der Waals surface area contributed by atoms with Crippen molar-refractivity contribution >= 4 is 11.8 Å². The van der Waals surface area contributed by atoms with Crippen LogP contribution in [0.3, 0.4) is 0 Å². The second-order valence-corrected chi connectivity index (χ2v) is 5.02. The average molecular weight is 286 g/mol. The molecule has 0 spiro atoms. The fourth-order valence-electron chi connectivity index (χ4n) is 2.04. The molecule has 2 amide bonds. The Morgan fingerprint density at radius 1 is 1.19 bits per heavy atom. The second-order valence-electron chi connectivity index (χ2n) is 5.02. The highest BCUT2D eigenvalue weighted by molar-refractivity contribution is 6.20. The Kier molecular flexibility index (Phi) is 3.26. The summed E-state index contributed by atoms with van der Waals surface area (Å²) in [5.74, 6) is 0.419. The Morgan fingerprint density at radius 3 is 2.33 bits per heavy atom. The molecule has 21 heavy (non-hydrogen) atoms. The normalized spacial score (nSPS) is 14.1. The van der Waals surface area contributed by atoms with Crippen molar-refractivity contribution in [3.05, 3.63) is 47.0 Å². The second kappa shape index (κ2) is 5.10. The van der Waals surface area contributed by atoms with Gasteiger partial charge >= 0.3 is 0 Å². The van der Waals surface area contributed by atoms with Crippen molar-refractivity contribution in [1.82, 2.24) is 20.2 Å². The third-order valence-electron chi connectivity index (χ3n) is 3.18. The standard InChI is InChI=1S/C14H14N4O3/c1-8(2)12-15-11(16-17-12)7-21-18-13(19)9-5-3-4-6-10(9)14(18)20/h3-6,8H,7H2,1-2H3,(H,15,16,17). The van der Waals surface area contributed by atoms with Crippen molar-refractivity contribution in [1.29, 1.82) is 0 Å². The van der Waals surface area contributed by atoms with Crippen LogP contribution < -0.4 is 0 Å². The van der Waals surface area contributed by atoms with Gasteiger partial charge in [-0.25, -0.2) is 4.98 Å². The third-order valence-corrected chi connectivity index (χ3v) is 3.18. The monoisotopic (exact) mass is 286 g/mol. The number of hydrogen-bond acceptors (Lipinski definition) is 5. The van der Waals surface area contributed by atoms with Gasteiger partial charge in [0.2, 0.25) is 0 Å². The van der Waals surface area contributed by atoms with Crippen LogP contribution in [0.15, 0.2) is 24.3 Å². The number of imide groups is 1. The molecule has 0 saturated carbocycles. The van der Waals surface area contributed by atoms with Gasteiger partial charge in [0, 0.05) is 5.92 Å². The Bertz CT molecular complexity index is 673. The number of aromatic amines is 1. The highest BCUT2D eigenvalue weighted by Crippen LogP contribution is 2.23. The molecule has 1 aromatic heterocycles. The number of H-pyrrole nitrogens is 1. The summed E-state index contributed by atoms with van der Waals surface area (Å²) in [5, 5.41) is 7.54. The lowest BCUT2D eigenvalue weighted by atomic mass is 10.1. The average Bonchev–Trinajstić information content (AvgIpc) is 3.03. The first kappa shape index (κ1) is 13.4. The summed E-state index contributed by atoms with van der Waals surface area (Å²) in [6, 6.07) is 6.61. The number of carbonyl (C=O) groups excluding carboxylic acids is 2. The Labute approximate surface area is 120 Å². The molecule has 1 aliphatic rings. The molecule has 0 aliphatic carbocycles. The molecule has 7 nitrogen and oxygen atoms in total. The van der Waals surface area contributed by atoms with E-state index in [2.05, 4.69) is 15.2 Å². The van der Waals surface area contributed by atoms with Crippen LogP contribution in [0, 0.1) is 0 Å². The number of nitrogens with zero attached hydrogens (tertiary/aromatic N) is 3. The maximum atomic E-state index is 12.1. The first-order valence-electron chi connectivity index (χ1n) is 6.60. The summed E-state index contributed by atoms with van der Waals surface area (Å²) in [4.78, 5) is 33.7. The molecule has 0 unspecified atom stereocenters. The van der Waals surface area contributed by atoms with Gasteiger partial charge in [0.1, 0.15) is 12.4 Å². The Hall–Kier alpha value is -2.54. The van der Waals surface area contributed by atoms with Gasteiger partial charge < -0.3 is 0 Å². The molecule has 7 heteroatoms. The molecule has 2 heterocycles. The van der Waals surface area contributed by atoms with E-state index in [0.29, 0.717) is 17.0 Å². The van der Waals surface area contributed by atoms with Gasteiger partial charge in [-0.1, -0.05) is 26.0 Å². The van der Waals surface area contributed by atoms with E-state index in [1.54, 1.807) is 24.3 Å². The lowest BCUT2D eigenvalue weighted by Crippen LogP contribution is -2.29. The van der Waals surface area contributed by atoms with Crippen molar-refractivity contribution in [3.63, 3.8) is 0 Å². The van der Waals surface area contributed by atoms with Crippen molar-refractivity contribution in [2.24, 2.45) is 0 Å². The highest BCUT2D eigenvalue weighted by atomic mass is 16.7. The molecule has 0 atom stereocenters. The predicted octanol–water partition coefficient (Wildman–Crippen LogP) is 1.66. The fraction of sp³-hybridized carbons (Fsp3) is 0.286. The van der Waals surface area contributed by atoms with Crippen LogP contribution in [0.25, 0.3) is 0 Å². The number of hydroxylamine groups is 2. The topological polar surface area (TPSA) is 88.2 Å². The zero-order valence-electron chi connectivity index (χ0n) is 11.7. The van der Waals surface area contributed by atoms with Crippen LogP contribution in [0.4, 0.5) is 0 Å². The number of benzene rings is 1. The van der Waals surface area contributed by atoms with Gasteiger partial charge in [-0.15, -0.1) is 5.06 Å². The number of aromatic nitrogens is 3. The maximum absolute atomic E-state index is 12.1. The van der Waals surface area contributed by atoms with Gasteiger partial charge in [0.15, 0.2) is 5.82 Å². The number of hydrogen-bond donors (Lipinski definition) is 1. The Morgan fingerprint density at radius 2 is 1.81 bits per heavy atom. The van der Waals surface area contributed by atoms with Gasteiger partial charge in [0.25, 0.3) is 11.8 Å². The summed E-state index contributed by atoms with van der Waals surface area (Å²) in [6.45, 7) is 3.92. The van der Waals surface area contributed by atoms with E-state index in [4.69, 9.17) is 4.84 Å². The van der Waals surface area contributed by atoms with Crippen molar-refractivity contribution in [2.75, 3.05) is 0 Å². The molecule has 0 bridgehead atoms. The lowest BCUT2D eigenvalue weighted by molar-refractivity contribution is -0.102. The van der Waals surface area contributed by atoms with E-state index in [0.717, 1.165) is 10.9 Å². The molecule has 1 N–H and O–H groups in total. The number of amides is 2. The fourth-order valence-corrected chi connectivity index (χ4v) is 2.04. The van der Waals surface area contributed by atoms with E-state index < -0.39 is 11.8 Å². The molecule has 1 aliphatic heterocycles. The van der Waals surface area contributed by atoms with Crippen molar-refractivity contribution in [2.45, 2.75) is 26.4 Å². The first-order chi connectivity index (χ1) is 10.1. The molecule has 0 saturated heterocycles. The smallest absolute Gasteiger partial charge is 0.266 e. The van der Waals surface area contributed by atoms with Crippen LogP contribution in [0.2, 0.25) is 0 Å². The van der Waals surface area contributed by atoms with Crippen LogP contribution in [0.1, 0.15) is 52.1 Å². The molecule has 0 radical (unpaired) electrons. The van der Waals surface area contributed by atoms with Gasteiger partial charge in [-0.3, -0.25) is 19.5 Å². The zero-order chi connectivity index (χ0) is 15.0. The van der Waals surface area contributed by atoms with Gasteiger partial charge in [-0.2, -0.15) is 5.10 Å². The number of nitrogens with one attached hydrogen (secondary N) is 1. The van der Waals surface area contributed by atoms with Gasteiger partial charge in [0.05, 0.1) is 11.1 Å². The first-order valence-corrected chi connectivity index (χ1v) is 6.60. The summed E-state index contributed by atoms with van der Waals surface area (Å²) in [5.41, 5.74) is 0.695. The zero-order valence-corrected chi connectivity index (χ0v) is 11.7. The molecule has 0 fully saturated rings. The van der Waals surface area contributed by atoms with E-state index in [1.165, 1.54) is 0 Å². The maximum Gasteiger partial charge on any atom is 0.285 e. The third kappa shape index (κ3) is 2.31. The molecule has 2 aromatic rings. The van der Waals surface area contributed by atoms with Crippen LogP contribution in [-0.2, 0) is 11.4 Å². The molecular weight excluding hydrogens is 272 g/mol. The van der Waals surface area contributed by atoms with E-state index >= 15 is 0 Å². The van der Waals surface area contributed by atoms with Crippen LogP contribution in [-0.4, -0.2) is 32.1 Å².